The van der Waals surface area contributed by atoms with E-state index in [1.54, 1.807) is 0 Å². The number of hydrogen-bond acceptors (Lipinski definition) is 3. The van der Waals surface area contributed by atoms with Crippen LogP contribution in [0.2, 0.25) is 5.02 Å². The van der Waals surface area contributed by atoms with Gasteiger partial charge in [-0.3, -0.25) is 0 Å². The highest BCUT2D eigenvalue weighted by Crippen LogP contribution is 2.28. The van der Waals surface area contributed by atoms with E-state index in [9.17, 15) is 17.6 Å². The Morgan fingerprint density at radius 2 is 2.11 bits per heavy atom. The normalized spacial score (nSPS) is 21.3. The number of benzene rings is 1. The number of piperidine rings is 1. The summed E-state index contributed by atoms with van der Waals surface area (Å²) >= 11 is 5.60. The van der Waals surface area contributed by atoms with Crippen LogP contribution >= 0.6 is 11.6 Å². The molecule has 1 saturated heterocycles. The van der Waals surface area contributed by atoms with E-state index >= 15 is 0 Å². The Balaban J connectivity index is 2.46. The van der Waals surface area contributed by atoms with Crippen LogP contribution in [-0.4, -0.2) is 31.6 Å². The summed E-state index contributed by atoms with van der Waals surface area (Å²) in [5, 5.41) is -0.249. The fourth-order valence-electron chi connectivity index (χ4n) is 2.17. The molecule has 19 heavy (non-hydrogen) atoms. The highest BCUT2D eigenvalue weighted by Gasteiger charge is 2.35. The number of carbonyl (C=O) groups is 1. The number of sulfonamides is 1. The van der Waals surface area contributed by atoms with Crippen molar-refractivity contribution >= 4 is 27.9 Å². The minimum Gasteiger partial charge on any atom is -0.302 e. The fraction of sp³-hybridized carbons (Fsp3) is 0.417. The van der Waals surface area contributed by atoms with E-state index in [0.717, 1.165) is 16.8 Å². The molecule has 1 aliphatic rings. The van der Waals surface area contributed by atoms with Crippen molar-refractivity contribution in [2.24, 2.45) is 0 Å². The number of carbonyl (C=O) groups excluding carboxylic acids is 1. The van der Waals surface area contributed by atoms with Crippen molar-refractivity contribution < 1.29 is 17.6 Å². The number of aldehydes is 1. The predicted octanol–water partition coefficient (Wildman–Crippen LogP) is 2.22. The maximum absolute atomic E-state index is 13.9. The van der Waals surface area contributed by atoms with E-state index in [1.165, 1.54) is 12.1 Å². The molecule has 1 unspecified atom stereocenters. The van der Waals surface area contributed by atoms with Crippen LogP contribution in [0.25, 0.3) is 0 Å². The summed E-state index contributed by atoms with van der Waals surface area (Å²) in [7, 11) is -4.03. The first-order valence-corrected chi connectivity index (χ1v) is 7.71. The van der Waals surface area contributed by atoms with Crippen molar-refractivity contribution in [1.82, 2.24) is 4.31 Å². The molecule has 1 aliphatic heterocycles. The lowest BCUT2D eigenvalue weighted by Gasteiger charge is -2.31. The van der Waals surface area contributed by atoms with Crippen LogP contribution in [0.3, 0.4) is 0 Å². The smallest absolute Gasteiger partial charge is 0.246 e. The largest absolute Gasteiger partial charge is 0.302 e. The maximum Gasteiger partial charge on any atom is 0.246 e. The second kappa shape index (κ2) is 5.56. The Labute approximate surface area is 116 Å². The molecular weight excluding hydrogens is 293 g/mol. The van der Waals surface area contributed by atoms with E-state index in [-0.39, 0.29) is 11.6 Å². The third-order valence-corrected chi connectivity index (χ3v) is 5.39. The van der Waals surface area contributed by atoms with Gasteiger partial charge in [-0.05, 0) is 25.0 Å². The SMILES string of the molecule is O=CC1CCCCN1S(=O)(=O)c1cccc(Cl)c1F. The van der Waals surface area contributed by atoms with Gasteiger partial charge in [0.2, 0.25) is 10.0 Å². The van der Waals surface area contributed by atoms with Crippen molar-refractivity contribution in [2.75, 3.05) is 6.54 Å². The lowest BCUT2D eigenvalue weighted by atomic mass is 10.1. The molecule has 104 valence electrons. The molecule has 1 aromatic carbocycles. The maximum atomic E-state index is 13.9. The quantitative estimate of drug-likeness (QED) is 0.805. The van der Waals surface area contributed by atoms with Crippen LogP contribution in [0.15, 0.2) is 23.1 Å². The third kappa shape index (κ3) is 2.66. The molecular formula is C12H13ClFNO3S. The zero-order chi connectivity index (χ0) is 14.0. The van der Waals surface area contributed by atoms with Gasteiger partial charge in [0, 0.05) is 6.54 Å². The highest BCUT2D eigenvalue weighted by molar-refractivity contribution is 7.89. The van der Waals surface area contributed by atoms with Gasteiger partial charge in [-0.1, -0.05) is 24.1 Å². The van der Waals surface area contributed by atoms with E-state index < -0.39 is 26.8 Å². The molecule has 0 bridgehead atoms. The number of hydrogen-bond donors (Lipinski definition) is 0. The summed E-state index contributed by atoms with van der Waals surface area (Å²) in [6, 6.07) is 3.09. The molecule has 0 saturated carbocycles. The molecule has 1 atom stereocenters. The van der Waals surface area contributed by atoms with Crippen LogP contribution in [0.5, 0.6) is 0 Å². The van der Waals surface area contributed by atoms with Crippen LogP contribution in [0.1, 0.15) is 19.3 Å². The predicted molar refractivity (Wildman–Crippen MR) is 69.0 cm³/mol. The van der Waals surface area contributed by atoms with Gasteiger partial charge in [-0.2, -0.15) is 4.31 Å². The monoisotopic (exact) mass is 305 g/mol. The second-order valence-corrected chi connectivity index (χ2v) is 6.63. The van der Waals surface area contributed by atoms with Gasteiger partial charge in [0.05, 0.1) is 11.1 Å². The van der Waals surface area contributed by atoms with Crippen LogP contribution in [0, 0.1) is 5.82 Å². The lowest BCUT2D eigenvalue weighted by Crippen LogP contribution is -2.44. The molecule has 1 heterocycles. The average molecular weight is 306 g/mol. The summed E-state index contributed by atoms with van der Waals surface area (Å²) in [4.78, 5) is 10.5. The minimum atomic E-state index is -4.03. The summed E-state index contributed by atoms with van der Waals surface area (Å²) in [6.07, 6.45) is 2.50. The molecule has 1 fully saturated rings. The van der Waals surface area contributed by atoms with Gasteiger partial charge < -0.3 is 4.79 Å². The Hall–Kier alpha value is -0.980. The van der Waals surface area contributed by atoms with E-state index in [2.05, 4.69) is 0 Å². The average Bonchev–Trinajstić information content (AvgIpc) is 2.41. The van der Waals surface area contributed by atoms with Crippen LogP contribution in [-0.2, 0) is 14.8 Å². The van der Waals surface area contributed by atoms with Crippen molar-refractivity contribution in [2.45, 2.75) is 30.2 Å². The van der Waals surface area contributed by atoms with E-state index in [1.807, 2.05) is 0 Å². The zero-order valence-corrected chi connectivity index (χ0v) is 11.6. The highest BCUT2D eigenvalue weighted by atomic mass is 35.5. The molecule has 2 rings (SSSR count). The molecule has 0 aromatic heterocycles. The first-order valence-electron chi connectivity index (χ1n) is 5.89. The standard InChI is InChI=1S/C12H13ClFNO3S/c13-10-5-3-6-11(12(10)14)19(17,18)15-7-2-1-4-9(15)8-16/h3,5-6,8-9H,1-2,4,7H2. The molecule has 4 nitrogen and oxygen atoms in total. The molecule has 1 aromatic rings. The van der Waals surface area contributed by atoms with Gasteiger partial charge in [0.1, 0.15) is 11.2 Å². The van der Waals surface area contributed by atoms with Gasteiger partial charge >= 0.3 is 0 Å². The van der Waals surface area contributed by atoms with E-state index in [4.69, 9.17) is 11.6 Å². The topological polar surface area (TPSA) is 54.5 Å². The summed E-state index contributed by atoms with van der Waals surface area (Å²) in [5.41, 5.74) is 0. The molecule has 0 N–H and O–H groups in total. The number of rotatable bonds is 3. The number of halogens is 2. The Morgan fingerprint density at radius 1 is 1.37 bits per heavy atom. The van der Waals surface area contributed by atoms with Crippen molar-refractivity contribution in [3.63, 3.8) is 0 Å². The molecule has 0 amide bonds. The van der Waals surface area contributed by atoms with Gasteiger partial charge in [-0.25, -0.2) is 12.8 Å². The molecule has 0 radical (unpaired) electrons. The third-order valence-electron chi connectivity index (χ3n) is 3.16. The van der Waals surface area contributed by atoms with Crippen LogP contribution < -0.4 is 0 Å². The van der Waals surface area contributed by atoms with Gasteiger partial charge in [-0.15, -0.1) is 0 Å². The minimum absolute atomic E-state index is 0.220. The Morgan fingerprint density at radius 3 is 2.79 bits per heavy atom. The van der Waals surface area contributed by atoms with Crippen molar-refractivity contribution in [3.05, 3.63) is 29.0 Å². The first-order chi connectivity index (χ1) is 8.98. The molecule has 0 spiro atoms. The fourth-order valence-corrected chi connectivity index (χ4v) is 4.13. The number of nitrogens with zero attached hydrogens (tertiary/aromatic N) is 1. The van der Waals surface area contributed by atoms with Crippen molar-refractivity contribution in [1.29, 1.82) is 0 Å². The zero-order valence-electron chi connectivity index (χ0n) is 10.1. The van der Waals surface area contributed by atoms with Crippen molar-refractivity contribution in [3.8, 4) is 0 Å². The molecule has 0 aliphatic carbocycles. The van der Waals surface area contributed by atoms with Crippen LogP contribution in [0.4, 0.5) is 4.39 Å². The summed E-state index contributed by atoms with van der Waals surface area (Å²) in [6.45, 7) is 0.220. The summed E-state index contributed by atoms with van der Waals surface area (Å²) < 4.78 is 39.7. The van der Waals surface area contributed by atoms with Gasteiger partial charge in [0.15, 0.2) is 5.82 Å². The first kappa shape index (κ1) is 14.4. The second-order valence-electron chi connectivity index (χ2n) is 4.37. The summed E-state index contributed by atoms with van der Waals surface area (Å²) in [5.74, 6) is -0.973. The molecule has 7 heteroatoms. The Kier molecular flexibility index (Phi) is 4.23. The lowest BCUT2D eigenvalue weighted by molar-refractivity contribution is -0.111. The van der Waals surface area contributed by atoms with E-state index in [0.29, 0.717) is 19.1 Å². The van der Waals surface area contributed by atoms with Gasteiger partial charge in [0.25, 0.3) is 0 Å². The Bertz CT molecular complexity index is 591.